The van der Waals surface area contributed by atoms with Crippen LogP contribution < -0.4 is 5.32 Å². The molecule has 0 spiro atoms. The van der Waals surface area contributed by atoms with Crippen LogP contribution in [0.4, 0.5) is 8.78 Å². The lowest BCUT2D eigenvalue weighted by Gasteiger charge is -2.15. The van der Waals surface area contributed by atoms with Crippen molar-refractivity contribution in [1.82, 2.24) is 5.32 Å². The van der Waals surface area contributed by atoms with Gasteiger partial charge in [-0.1, -0.05) is 19.9 Å². The topological polar surface area (TPSA) is 66.4 Å². The van der Waals surface area contributed by atoms with Gasteiger partial charge in [-0.05, 0) is 24.5 Å². The van der Waals surface area contributed by atoms with Crippen molar-refractivity contribution >= 4 is 11.9 Å². The number of carboxylic acids is 1. The Kier molecular flexibility index (Phi) is 5.61. The Morgan fingerprint density at radius 3 is 2.25 bits per heavy atom. The SMILES string of the molecule is CC(C)CC(CNC(=O)c1c(F)cccc1F)C(=O)O. The molecule has 1 amide bonds. The van der Waals surface area contributed by atoms with Gasteiger partial charge in [0, 0.05) is 6.54 Å². The number of nitrogens with one attached hydrogen (secondary N) is 1. The van der Waals surface area contributed by atoms with Crippen molar-refractivity contribution < 1.29 is 23.5 Å². The molecular formula is C14H17F2NO3. The van der Waals surface area contributed by atoms with Gasteiger partial charge < -0.3 is 10.4 Å². The number of amides is 1. The Bertz CT molecular complexity index is 483. The Morgan fingerprint density at radius 1 is 1.25 bits per heavy atom. The highest BCUT2D eigenvalue weighted by molar-refractivity contribution is 5.94. The number of carbonyl (C=O) groups excluding carboxylic acids is 1. The van der Waals surface area contributed by atoms with Crippen molar-refractivity contribution in [3.05, 3.63) is 35.4 Å². The first kappa shape index (κ1) is 16.1. The first-order valence-corrected chi connectivity index (χ1v) is 6.28. The third kappa shape index (κ3) is 4.29. The van der Waals surface area contributed by atoms with Crippen molar-refractivity contribution in [3.63, 3.8) is 0 Å². The minimum atomic E-state index is -1.05. The number of aliphatic carboxylic acids is 1. The molecule has 0 aliphatic rings. The van der Waals surface area contributed by atoms with Crippen molar-refractivity contribution in [2.75, 3.05) is 6.54 Å². The highest BCUT2D eigenvalue weighted by Crippen LogP contribution is 2.14. The molecule has 2 N–H and O–H groups in total. The van der Waals surface area contributed by atoms with Gasteiger partial charge in [0.2, 0.25) is 0 Å². The maximum Gasteiger partial charge on any atom is 0.308 e. The molecule has 0 bridgehead atoms. The van der Waals surface area contributed by atoms with Gasteiger partial charge in [-0.2, -0.15) is 0 Å². The van der Waals surface area contributed by atoms with Crippen LogP contribution in [0.15, 0.2) is 18.2 Å². The van der Waals surface area contributed by atoms with Crippen molar-refractivity contribution in [1.29, 1.82) is 0 Å². The van der Waals surface area contributed by atoms with Crippen LogP contribution in [0.5, 0.6) is 0 Å². The van der Waals surface area contributed by atoms with E-state index >= 15 is 0 Å². The second kappa shape index (κ2) is 6.98. The lowest BCUT2D eigenvalue weighted by Crippen LogP contribution is -2.34. The van der Waals surface area contributed by atoms with E-state index in [1.165, 1.54) is 0 Å². The summed E-state index contributed by atoms with van der Waals surface area (Å²) in [5.74, 6) is -4.59. The van der Waals surface area contributed by atoms with Gasteiger partial charge in [-0.25, -0.2) is 8.78 Å². The summed E-state index contributed by atoms with van der Waals surface area (Å²) in [7, 11) is 0. The molecule has 0 saturated heterocycles. The fraction of sp³-hybridized carbons (Fsp3) is 0.429. The molecule has 0 aliphatic heterocycles. The van der Waals surface area contributed by atoms with Crippen LogP contribution in [0.3, 0.4) is 0 Å². The highest BCUT2D eigenvalue weighted by Gasteiger charge is 2.22. The molecule has 6 heteroatoms. The van der Waals surface area contributed by atoms with Crippen molar-refractivity contribution in [2.24, 2.45) is 11.8 Å². The van der Waals surface area contributed by atoms with Crippen LogP contribution in [0.1, 0.15) is 30.6 Å². The average Bonchev–Trinajstić information content (AvgIpc) is 2.33. The second-order valence-corrected chi connectivity index (χ2v) is 4.97. The molecule has 1 rings (SSSR count). The summed E-state index contributed by atoms with van der Waals surface area (Å²) < 4.78 is 26.8. The Balaban J connectivity index is 2.73. The number of benzene rings is 1. The number of carbonyl (C=O) groups is 2. The van der Waals surface area contributed by atoms with Crippen LogP contribution in [-0.2, 0) is 4.79 Å². The zero-order chi connectivity index (χ0) is 15.3. The molecule has 1 atom stereocenters. The largest absolute Gasteiger partial charge is 0.481 e. The maximum absolute atomic E-state index is 13.4. The summed E-state index contributed by atoms with van der Waals surface area (Å²) in [5.41, 5.74) is -0.693. The molecule has 0 aliphatic carbocycles. The zero-order valence-electron chi connectivity index (χ0n) is 11.3. The number of carboxylic acid groups (broad SMARTS) is 1. The number of rotatable bonds is 6. The molecule has 0 radical (unpaired) electrons. The van der Waals surface area contributed by atoms with Gasteiger partial charge >= 0.3 is 5.97 Å². The normalized spacial score (nSPS) is 12.2. The van der Waals surface area contributed by atoms with Crippen LogP contribution >= 0.6 is 0 Å². The van der Waals surface area contributed by atoms with E-state index in [-0.39, 0.29) is 12.5 Å². The summed E-state index contributed by atoms with van der Waals surface area (Å²) in [6.45, 7) is 3.54. The van der Waals surface area contributed by atoms with Gasteiger partial charge in [-0.15, -0.1) is 0 Å². The lowest BCUT2D eigenvalue weighted by molar-refractivity contribution is -0.142. The Hall–Kier alpha value is -1.98. The predicted molar refractivity (Wildman–Crippen MR) is 69.3 cm³/mol. The molecule has 1 unspecified atom stereocenters. The van der Waals surface area contributed by atoms with E-state index < -0.39 is 35.0 Å². The fourth-order valence-corrected chi connectivity index (χ4v) is 1.86. The van der Waals surface area contributed by atoms with Crippen LogP contribution in [0.25, 0.3) is 0 Å². The third-order valence-electron chi connectivity index (χ3n) is 2.80. The molecule has 0 fully saturated rings. The monoisotopic (exact) mass is 285 g/mol. The fourth-order valence-electron chi connectivity index (χ4n) is 1.86. The molecule has 110 valence electrons. The van der Waals surface area contributed by atoms with Gasteiger partial charge in [0.25, 0.3) is 5.91 Å². The van der Waals surface area contributed by atoms with E-state index in [1.807, 2.05) is 13.8 Å². The van der Waals surface area contributed by atoms with Crippen molar-refractivity contribution in [2.45, 2.75) is 20.3 Å². The Morgan fingerprint density at radius 2 is 1.80 bits per heavy atom. The van der Waals surface area contributed by atoms with E-state index in [0.717, 1.165) is 18.2 Å². The zero-order valence-corrected chi connectivity index (χ0v) is 11.3. The van der Waals surface area contributed by atoms with Crippen LogP contribution in [0, 0.1) is 23.5 Å². The smallest absolute Gasteiger partial charge is 0.308 e. The number of halogens is 2. The summed E-state index contributed by atoms with van der Waals surface area (Å²) >= 11 is 0. The van der Waals surface area contributed by atoms with E-state index in [4.69, 9.17) is 5.11 Å². The molecule has 0 saturated carbocycles. The molecule has 0 aromatic heterocycles. The van der Waals surface area contributed by atoms with E-state index in [9.17, 15) is 18.4 Å². The molecule has 1 aromatic carbocycles. The summed E-state index contributed by atoms with van der Waals surface area (Å²) in [6.07, 6.45) is 0.370. The van der Waals surface area contributed by atoms with E-state index in [1.54, 1.807) is 0 Å². The molecular weight excluding hydrogens is 268 g/mol. The van der Waals surface area contributed by atoms with Gasteiger partial charge in [0.1, 0.15) is 17.2 Å². The standard InChI is InChI=1S/C14H17F2NO3/c1-8(2)6-9(14(19)20)7-17-13(18)12-10(15)4-3-5-11(12)16/h3-5,8-9H,6-7H2,1-2H3,(H,17,18)(H,19,20). The van der Waals surface area contributed by atoms with E-state index in [2.05, 4.69) is 5.32 Å². The van der Waals surface area contributed by atoms with Crippen LogP contribution in [0.2, 0.25) is 0 Å². The minimum Gasteiger partial charge on any atom is -0.481 e. The predicted octanol–water partition coefficient (Wildman–Crippen LogP) is 2.44. The van der Waals surface area contributed by atoms with E-state index in [0.29, 0.717) is 6.42 Å². The Labute approximate surface area is 115 Å². The molecule has 1 aromatic rings. The van der Waals surface area contributed by atoms with Gasteiger partial charge in [0.05, 0.1) is 5.92 Å². The molecule has 0 heterocycles. The quantitative estimate of drug-likeness (QED) is 0.843. The maximum atomic E-state index is 13.4. The number of hydrogen-bond donors (Lipinski definition) is 2. The first-order chi connectivity index (χ1) is 9.32. The van der Waals surface area contributed by atoms with Gasteiger partial charge in [0.15, 0.2) is 0 Å². The average molecular weight is 285 g/mol. The van der Waals surface area contributed by atoms with Crippen molar-refractivity contribution in [3.8, 4) is 0 Å². The summed E-state index contributed by atoms with van der Waals surface area (Å²) in [4.78, 5) is 22.7. The van der Waals surface area contributed by atoms with Gasteiger partial charge in [-0.3, -0.25) is 9.59 Å². The van der Waals surface area contributed by atoms with Crippen LogP contribution in [-0.4, -0.2) is 23.5 Å². The second-order valence-electron chi connectivity index (χ2n) is 4.97. The molecule has 20 heavy (non-hydrogen) atoms. The minimum absolute atomic E-state index is 0.137. The lowest BCUT2D eigenvalue weighted by atomic mass is 9.97. The summed E-state index contributed by atoms with van der Waals surface area (Å²) in [5, 5.41) is 11.3. The highest BCUT2D eigenvalue weighted by atomic mass is 19.1. The third-order valence-corrected chi connectivity index (χ3v) is 2.80. The summed E-state index contributed by atoms with van der Waals surface area (Å²) in [6, 6.07) is 3.10. The number of hydrogen-bond acceptors (Lipinski definition) is 2. The molecule has 4 nitrogen and oxygen atoms in total. The first-order valence-electron chi connectivity index (χ1n) is 6.28.